The SMILES string of the molecule is CC(O)C(NC(=O)C(Cc1ccccc1)NC(=O)C1CCCN1C(=O)C(NC(=O)C(CCCN=C(N)N)NC(=O)C(Cc1ccccc1)NC(=O)C(Cc1cnc[nH]1)NC(=O)C(CCC(N)=O)NC(=O)C(N)CCC(N)=O)C(C)O)C(=O)O. The number of imidazole rings is 1. The van der Waals surface area contributed by atoms with Crippen molar-refractivity contribution in [1.29, 1.82) is 0 Å². The van der Waals surface area contributed by atoms with Gasteiger partial charge in [0.2, 0.25) is 59.1 Å². The molecule has 11 atom stereocenters. The zero-order valence-electron chi connectivity index (χ0n) is 46.0. The number of hydrogen-bond acceptors (Lipinski definition) is 16. The Hall–Kier alpha value is -9.03. The number of aromatic nitrogens is 2. The van der Waals surface area contributed by atoms with E-state index in [1.54, 1.807) is 60.7 Å². The highest BCUT2D eigenvalue weighted by molar-refractivity contribution is 5.99. The third-order valence-corrected chi connectivity index (χ3v) is 13.3. The molecule has 1 aliphatic rings. The number of aliphatic carboxylic acids is 1. The molecule has 30 nitrogen and oxygen atoms in total. The number of carbonyl (C=O) groups excluding carboxylic acids is 10. The van der Waals surface area contributed by atoms with E-state index in [4.69, 9.17) is 28.7 Å². The number of nitrogens with two attached hydrogens (primary N) is 5. The second kappa shape index (κ2) is 33.0. The average molecular weight is 1160 g/mol. The molecule has 1 fully saturated rings. The molecule has 2 aromatic carbocycles. The van der Waals surface area contributed by atoms with Crippen LogP contribution in [-0.2, 0) is 72.0 Å². The number of guanidine groups is 1. The number of rotatable bonds is 34. The van der Waals surface area contributed by atoms with Gasteiger partial charge >= 0.3 is 5.97 Å². The van der Waals surface area contributed by atoms with Gasteiger partial charge in [-0.15, -0.1) is 0 Å². The minimum atomic E-state index is -1.74. The van der Waals surface area contributed by atoms with Crippen LogP contribution in [0.2, 0.25) is 0 Å². The summed E-state index contributed by atoms with van der Waals surface area (Å²) in [5.41, 5.74) is 29.0. The zero-order chi connectivity index (χ0) is 61.3. The summed E-state index contributed by atoms with van der Waals surface area (Å²) in [4.78, 5) is 160. The summed E-state index contributed by atoms with van der Waals surface area (Å²) < 4.78 is 0. The fourth-order valence-electron chi connectivity index (χ4n) is 8.83. The Morgan fingerprint density at radius 3 is 1.61 bits per heavy atom. The van der Waals surface area contributed by atoms with Gasteiger partial charge in [0, 0.05) is 57.1 Å². The Morgan fingerprint density at radius 2 is 1.10 bits per heavy atom. The summed E-state index contributed by atoms with van der Waals surface area (Å²) in [6.07, 6.45) is -1.99. The first-order chi connectivity index (χ1) is 39.3. The largest absolute Gasteiger partial charge is 0.480 e. The molecule has 10 amide bonds. The van der Waals surface area contributed by atoms with Crippen LogP contribution in [-0.4, -0.2) is 181 Å². The fourth-order valence-corrected chi connectivity index (χ4v) is 8.83. The van der Waals surface area contributed by atoms with Crippen molar-refractivity contribution < 1.29 is 68.1 Å². The van der Waals surface area contributed by atoms with Gasteiger partial charge in [0.25, 0.3) is 0 Å². The van der Waals surface area contributed by atoms with Crippen molar-refractivity contribution in [1.82, 2.24) is 52.1 Å². The van der Waals surface area contributed by atoms with Crippen molar-refractivity contribution in [2.45, 2.75) is 151 Å². The molecule has 0 saturated carbocycles. The molecular formula is C53H76N16O14. The molecule has 0 bridgehead atoms. The third kappa shape index (κ3) is 22.1. The minimum absolute atomic E-state index is 0.0364. The molecule has 3 aromatic rings. The predicted octanol–water partition coefficient (Wildman–Crippen LogP) is -5.42. The zero-order valence-corrected chi connectivity index (χ0v) is 46.0. The van der Waals surface area contributed by atoms with Crippen molar-refractivity contribution >= 4 is 71.0 Å². The number of benzene rings is 2. The van der Waals surface area contributed by atoms with Gasteiger partial charge in [-0.25, -0.2) is 9.78 Å². The predicted molar refractivity (Wildman–Crippen MR) is 297 cm³/mol. The van der Waals surface area contributed by atoms with Crippen LogP contribution >= 0.6 is 0 Å². The van der Waals surface area contributed by atoms with Crippen LogP contribution in [0.5, 0.6) is 0 Å². The number of carboxylic acid groups (broad SMARTS) is 1. The Bertz CT molecular complexity index is 2730. The van der Waals surface area contributed by atoms with E-state index in [2.05, 4.69) is 52.2 Å². The highest BCUT2D eigenvalue weighted by atomic mass is 16.4. The number of carboxylic acids is 1. The van der Waals surface area contributed by atoms with Crippen LogP contribution < -0.4 is 65.9 Å². The van der Waals surface area contributed by atoms with Crippen LogP contribution in [0.3, 0.4) is 0 Å². The van der Waals surface area contributed by atoms with Crippen molar-refractivity contribution in [2.24, 2.45) is 33.7 Å². The maximum atomic E-state index is 14.6. The smallest absolute Gasteiger partial charge is 0.328 e. The first kappa shape index (κ1) is 66.5. The summed E-state index contributed by atoms with van der Waals surface area (Å²) in [6.45, 7) is 2.30. The second-order valence-electron chi connectivity index (χ2n) is 20.0. The highest BCUT2D eigenvalue weighted by Gasteiger charge is 2.42. The lowest BCUT2D eigenvalue weighted by atomic mass is 10.0. The molecule has 4 rings (SSSR count). The topological polar surface area (TPSA) is 507 Å². The van der Waals surface area contributed by atoms with E-state index >= 15 is 0 Å². The maximum Gasteiger partial charge on any atom is 0.328 e. The molecule has 11 unspecified atom stereocenters. The standard InChI is InChI=1S/C53H76N16O14/c1-28(70)42(51(81)69-22-10-16-39(69)50(80)66-37(24-31-13-7-4-8-14-31)49(79)68-43(29(2)71)52(82)83)67-46(76)34(15-9-21-60-53(57)58)63-47(77)36(23-30-11-5-3-6-12-30)64-48(78)38(25-32-26-59-27-61-32)65-45(75)35(18-20-41(56)73)62-44(74)33(54)17-19-40(55)72/h3-8,11-14,26-29,33-39,42-43,70-71H,9-10,15-25,54H2,1-2H3,(H2,55,72)(H2,56,73)(H,59,61)(H,62,74)(H,63,77)(H,64,78)(H,65,75)(H,66,80)(H,67,76)(H,68,79)(H,82,83)(H4,57,58,60). The van der Waals surface area contributed by atoms with Gasteiger partial charge in [-0.1, -0.05) is 60.7 Å². The summed E-state index contributed by atoms with van der Waals surface area (Å²) in [5.74, 6) is -10.8. The number of H-pyrrole nitrogens is 1. The van der Waals surface area contributed by atoms with Gasteiger partial charge in [0.05, 0.1) is 24.6 Å². The van der Waals surface area contributed by atoms with Gasteiger partial charge in [-0.05, 0) is 63.5 Å². The molecule has 0 radical (unpaired) electrons. The molecule has 21 N–H and O–H groups in total. The number of likely N-dealkylation sites (tertiary alicyclic amines) is 1. The van der Waals surface area contributed by atoms with E-state index < -0.39 is 138 Å². The Kier molecular flexibility index (Phi) is 26.5. The van der Waals surface area contributed by atoms with E-state index in [1.807, 2.05) is 0 Å². The monoisotopic (exact) mass is 1160 g/mol. The lowest BCUT2D eigenvalue weighted by molar-refractivity contribution is -0.146. The van der Waals surface area contributed by atoms with Crippen LogP contribution in [0.4, 0.5) is 0 Å². The van der Waals surface area contributed by atoms with Gasteiger partial charge in [0.15, 0.2) is 12.0 Å². The number of carbonyl (C=O) groups is 11. The Balaban J connectivity index is 1.62. The quantitative estimate of drug-likeness (QED) is 0.0151. The first-order valence-corrected chi connectivity index (χ1v) is 26.8. The van der Waals surface area contributed by atoms with Crippen molar-refractivity contribution in [2.75, 3.05) is 13.1 Å². The summed E-state index contributed by atoms with van der Waals surface area (Å²) >= 11 is 0. The fraction of sp³-hybridized carbons (Fsp3) is 0.491. The minimum Gasteiger partial charge on any atom is -0.480 e. The Morgan fingerprint density at radius 1 is 0.627 bits per heavy atom. The van der Waals surface area contributed by atoms with Crippen LogP contribution in [0.15, 0.2) is 78.2 Å². The number of hydrogen-bond donors (Lipinski definition) is 16. The molecule has 1 aromatic heterocycles. The Labute approximate surface area is 477 Å². The summed E-state index contributed by atoms with van der Waals surface area (Å²) in [6, 6.07) is 3.33. The lowest BCUT2D eigenvalue weighted by Gasteiger charge is -2.32. The number of aromatic amines is 1. The average Bonchev–Trinajstić information content (AvgIpc) is 4.26. The third-order valence-electron chi connectivity index (χ3n) is 13.3. The number of primary amides is 2. The van der Waals surface area contributed by atoms with E-state index in [1.165, 1.54) is 26.4 Å². The number of nitrogens with one attached hydrogen (secondary N) is 8. The lowest BCUT2D eigenvalue weighted by Crippen LogP contribution is -2.62. The second-order valence-corrected chi connectivity index (χ2v) is 20.0. The van der Waals surface area contributed by atoms with Crippen LogP contribution in [0, 0.1) is 0 Å². The van der Waals surface area contributed by atoms with E-state index in [0.29, 0.717) is 16.8 Å². The van der Waals surface area contributed by atoms with Crippen LogP contribution in [0.25, 0.3) is 0 Å². The van der Waals surface area contributed by atoms with Gasteiger partial charge in [0.1, 0.15) is 42.3 Å². The van der Waals surface area contributed by atoms with E-state index in [0.717, 1.165) is 4.90 Å². The molecule has 1 saturated heterocycles. The molecule has 0 aliphatic carbocycles. The molecule has 452 valence electrons. The first-order valence-electron chi connectivity index (χ1n) is 26.8. The van der Waals surface area contributed by atoms with Crippen molar-refractivity contribution in [3.63, 3.8) is 0 Å². The van der Waals surface area contributed by atoms with Gasteiger partial charge < -0.3 is 91.1 Å². The van der Waals surface area contributed by atoms with E-state index in [9.17, 15) is 68.1 Å². The number of aliphatic imine (C=N–C) groups is 1. The molecule has 83 heavy (non-hydrogen) atoms. The van der Waals surface area contributed by atoms with Gasteiger partial charge in [-0.3, -0.25) is 52.9 Å². The number of nitrogens with zero attached hydrogens (tertiary/aromatic N) is 3. The molecular weight excluding hydrogens is 1080 g/mol. The van der Waals surface area contributed by atoms with E-state index in [-0.39, 0.29) is 83.3 Å². The van der Waals surface area contributed by atoms with Crippen LogP contribution in [0.1, 0.15) is 82.0 Å². The van der Waals surface area contributed by atoms with Gasteiger partial charge in [-0.2, -0.15) is 0 Å². The highest BCUT2D eigenvalue weighted by Crippen LogP contribution is 2.21. The molecule has 2 heterocycles. The van der Waals surface area contributed by atoms with Crippen molar-refractivity contribution in [3.05, 3.63) is 90.0 Å². The maximum absolute atomic E-state index is 14.6. The normalized spacial score (nSPS) is 16.5. The molecule has 0 spiro atoms. The number of amides is 10. The molecule has 1 aliphatic heterocycles. The molecule has 30 heteroatoms. The number of aliphatic hydroxyl groups is 2. The number of aliphatic hydroxyl groups excluding tert-OH is 2. The summed E-state index contributed by atoms with van der Waals surface area (Å²) in [5, 5.41) is 48.5. The van der Waals surface area contributed by atoms with Crippen molar-refractivity contribution in [3.8, 4) is 0 Å². The summed E-state index contributed by atoms with van der Waals surface area (Å²) in [7, 11) is 0.